The summed E-state index contributed by atoms with van der Waals surface area (Å²) in [6, 6.07) is 11.7. The SMILES string of the molecule is CCCN(CCCN)c1ccc2c(=O)c3ccccc3[nH]c2c1C. The second-order valence-electron chi connectivity index (χ2n) is 6.26. The number of nitrogens with zero attached hydrogens (tertiary/aromatic N) is 1. The number of H-pyrrole nitrogens is 1. The van der Waals surface area contributed by atoms with Gasteiger partial charge in [-0.3, -0.25) is 4.79 Å². The molecule has 4 nitrogen and oxygen atoms in total. The number of benzene rings is 2. The third-order valence-electron chi connectivity index (χ3n) is 4.58. The Labute approximate surface area is 142 Å². The lowest BCUT2D eigenvalue weighted by molar-refractivity contribution is 0.719. The molecule has 24 heavy (non-hydrogen) atoms. The number of fused-ring (bicyclic) bond motifs is 2. The topological polar surface area (TPSA) is 62.1 Å². The Morgan fingerprint density at radius 2 is 1.88 bits per heavy atom. The summed E-state index contributed by atoms with van der Waals surface area (Å²) in [6.07, 6.45) is 2.04. The lowest BCUT2D eigenvalue weighted by atomic mass is 10.0. The molecule has 0 aliphatic rings. The third-order valence-corrected chi connectivity index (χ3v) is 4.58. The van der Waals surface area contributed by atoms with Crippen LogP contribution in [0.1, 0.15) is 25.3 Å². The average Bonchev–Trinajstić information content (AvgIpc) is 2.60. The van der Waals surface area contributed by atoms with Crippen LogP contribution >= 0.6 is 0 Å². The van der Waals surface area contributed by atoms with Crippen molar-refractivity contribution in [3.05, 3.63) is 52.2 Å². The summed E-state index contributed by atoms with van der Waals surface area (Å²) in [6.45, 7) is 6.89. The summed E-state index contributed by atoms with van der Waals surface area (Å²) in [7, 11) is 0. The minimum atomic E-state index is 0.0954. The van der Waals surface area contributed by atoms with Gasteiger partial charge in [-0.15, -0.1) is 0 Å². The van der Waals surface area contributed by atoms with E-state index in [4.69, 9.17) is 5.73 Å². The molecule has 1 heterocycles. The zero-order valence-corrected chi connectivity index (χ0v) is 14.4. The first kappa shape index (κ1) is 16.5. The highest BCUT2D eigenvalue weighted by Gasteiger charge is 2.13. The summed E-state index contributed by atoms with van der Waals surface area (Å²) in [5.41, 5.74) is 9.92. The Hall–Kier alpha value is -2.33. The quantitative estimate of drug-likeness (QED) is 0.682. The van der Waals surface area contributed by atoms with Crippen molar-refractivity contribution in [3.63, 3.8) is 0 Å². The number of rotatable bonds is 6. The Morgan fingerprint density at radius 3 is 2.62 bits per heavy atom. The van der Waals surface area contributed by atoms with Gasteiger partial charge in [-0.25, -0.2) is 0 Å². The van der Waals surface area contributed by atoms with E-state index in [0.717, 1.165) is 53.3 Å². The van der Waals surface area contributed by atoms with Gasteiger partial charge in [0, 0.05) is 35.1 Å². The predicted molar refractivity (Wildman–Crippen MR) is 103 cm³/mol. The highest BCUT2D eigenvalue weighted by atomic mass is 16.1. The zero-order valence-electron chi connectivity index (χ0n) is 14.4. The van der Waals surface area contributed by atoms with E-state index in [1.807, 2.05) is 30.3 Å². The summed E-state index contributed by atoms with van der Waals surface area (Å²) < 4.78 is 0. The molecule has 0 saturated carbocycles. The second-order valence-corrected chi connectivity index (χ2v) is 6.26. The molecule has 1 aromatic heterocycles. The van der Waals surface area contributed by atoms with Gasteiger partial charge in [0.1, 0.15) is 0 Å². The van der Waals surface area contributed by atoms with Gasteiger partial charge >= 0.3 is 0 Å². The summed E-state index contributed by atoms with van der Waals surface area (Å²) in [4.78, 5) is 18.6. The van der Waals surface area contributed by atoms with Gasteiger partial charge in [-0.2, -0.15) is 0 Å². The summed E-state index contributed by atoms with van der Waals surface area (Å²) in [5.74, 6) is 0. The average molecular weight is 323 g/mol. The molecule has 0 aliphatic carbocycles. The minimum Gasteiger partial charge on any atom is -0.371 e. The molecule has 126 valence electrons. The van der Waals surface area contributed by atoms with Crippen molar-refractivity contribution in [2.24, 2.45) is 5.73 Å². The standard InChI is InChI=1S/C20H25N3O/c1-3-12-23(13-6-11-21)18-10-9-16-19(14(18)2)22-17-8-5-4-7-15(17)20(16)24/h4-5,7-10H,3,6,11-13,21H2,1-2H3,(H,22,24). The van der Waals surface area contributed by atoms with Crippen LogP contribution in [0, 0.1) is 6.92 Å². The number of pyridine rings is 1. The zero-order chi connectivity index (χ0) is 17.1. The number of aromatic amines is 1. The Bertz CT molecular complexity index is 914. The monoisotopic (exact) mass is 323 g/mol. The van der Waals surface area contributed by atoms with E-state index in [1.165, 1.54) is 5.69 Å². The normalized spacial score (nSPS) is 11.3. The third kappa shape index (κ3) is 2.89. The van der Waals surface area contributed by atoms with Gasteiger partial charge in [0.2, 0.25) is 0 Å². The molecule has 0 aliphatic heterocycles. The molecule has 0 bridgehead atoms. The molecule has 0 amide bonds. The van der Waals surface area contributed by atoms with Crippen LogP contribution in [0.2, 0.25) is 0 Å². The smallest absolute Gasteiger partial charge is 0.197 e. The second kappa shape index (κ2) is 7.05. The first-order valence-electron chi connectivity index (χ1n) is 8.66. The Morgan fingerprint density at radius 1 is 1.08 bits per heavy atom. The van der Waals surface area contributed by atoms with E-state index in [0.29, 0.717) is 6.54 Å². The fourth-order valence-corrected chi connectivity index (χ4v) is 3.37. The molecule has 0 saturated heterocycles. The first-order chi connectivity index (χ1) is 11.7. The molecule has 3 rings (SSSR count). The lowest BCUT2D eigenvalue weighted by Crippen LogP contribution is -2.27. The van der Waals surface area contributed by atoms with E-state index in [9.17, 15) is 4.79 Å². The van der Waals surface area contributed by atoms with Crippen molar-refractivity contribution in [1.82, 2.24) is 4.98 Å². The Balaban J connectivity index is 2.19. The van der Waals surface area contributed by atoms with Crippen LogP contribution in [0.15, 0.2) is 41.2 Å². The van der Waals surface area contributed by atoms with Gasteiger partial charge < -0.3 is 15.6 Å². The van der Waals surface area contributed by atoms with Crippen molar-refractivity contribution in [2.75, 3.05) is 24.5 Å². The largest absolute Gasteiger partial charge is 0.371 e. The van der Waals surface area contributed by atoms with E-state index < -0.39 is 0 Å². The fraction of sp³-hybridized carbons (Fsp3) is 0.350. The number of hydrogen-bond donors (Lipinski definition) is 2. The summed E-state index contributed by atoms with van der Waals surface area (Å²) in [5, 5.41) is 1.50. The summed E-state index contributed by atoms with van der Waals surface area (Å²) >= 11 is 0. The number of aromatic nitrogens is 1. The van der Waals surface area contributed by atoms with Gasteiger partial charge in [0.05, 0.1) is 5.52 Å². The number of nitrogens with two attached hydrogens (primary N) is 1. The van der Waals surface area contributed by atoms with E-state index in [1.54, 1.807) is 0 Å². The van der Waals surface area contributed by atoms with Crippen LogP contribution in [-0.4, -0.2) is 24.6 Å². The highest BCUT2D eigenvalue weighted by molar-refractivity contribution is 5.95. The van der Waals surface area contributed by atoms with Crippen LogP contribution in [0.25, 0.3) is 21.8 Å². The van der Waals surface area contributed by atoms with Gasteiger partial charge in [-0.05, 0) is 56.1 Å². The van der Waals surface area contributed by atoms with Crippen molar-refractivity contribution < 1.29 is 0 Å². The van der Waals surface area contributed by atoms with Crippen molar-refractivity contribution in [2.45, 2.75) is 26.7 Å². The van der Waals surface area contributed by atoms with Crippen LogP contribution in [0.3, 0.4) is 0 Å². The maximum atomic E-state index is 12.8. The lowest BCUT2D eigenvalue weighted by Gasteiger charge is -2.26. The number of para-hydroxylation sites is 1. The maximum Gasteiger partial charge on any atom is 0.197 e. The minimum absolute atomic E-state index is 0.0954. The fourth-order valence-electron chi connectivity index (χ4n) is 3.37. The maximum absolute atomic E-state index is 12.8. The molecule has 2 aromatic carbocycles. The number of hydrogen-bond acceptors (Lipinski definition) is 3. The molecule has 3 N–H and O–H groups in total. The molecule has 0 fully saturated rings. The number of aryl methyl sites for hydroxylation is 1. The van der Waals surface area contributed by atoms with Crippen LogP contribution in [0.5, 0.6) is 0 Å². The highest BCUT2D eigenvalue weighted by Crippen LogP contribution is 2.27. The van der Waals surface area contributed by atoms with Gasteiger partial charge in [0.15, 0.2) is 5.43 Å². The molecule has 0 unspecified atom stereocenters. The van der Waals surface area contributed by atoms with Crippen molar-refractivity contribution in [1.29, 1.82) is 0 Å². The molecule has 0 atom stereocenters. The van der Waals surface area contributed by atoms with Crippen LogP contribution in [-0.2, 0) is 0 Å². The van der Waals surface area contributed by atoms with E-state index >= 15 is 0 Å². The molecule has 3 aromatic rings. The van der Waals surface area contributed by atoms with Crippen molar-refractivity contribution in [3.8, 4) is 0 Å². The van der Waals surface area contributed by atoms with Gasteiger partial charge in [0.25, 0.3) is 0 Å². The van der Waals surface area contributed by atoms with Crippen LogP contribution in [0.4, 0.5) is 5.69 Å². The first-order valence-corrected chi connectivity index (χ1v) is 8.66. The molecular formula is C20H25N3O. The van der Waals surface area contributed by atoms with E-state index in [-0.39, 0.29) is 5.43 Å². The number of nitrogens with one attached hydrogen (secondary N) is 1. The predicted octanol–water partition coefficient (Wildman–Crippen LogP) is 3.55. The molecule has 4 heteroatoms. The van der Waals surface area contributed by atoms with Crippen molar-refractivity contribution >= 4 is 27.5 Å². The van der Waals surface area contributed by atoms with E-state index in [2.05, 4.69) is 29.8 Å². The number of anilines is 1. The molecule has 0 spiro atoms. The molecular weight excluding hydrogens is 298 g/mol. The van der Waals surface area contributed by atoms with Gasteiger partial charge in [-0.1, -0.05) is 19.1 Å². The molecule has 0 radical (unpaired) electrons. The van der Waals surface area contributed by atoms with Crippen LogP contribution < -0.4 is 16.1 Å². The Kier molecular flexibility index (Phi) is 4.86.